The van der Waals surface area contributed by atoms with Gasteiger partial charge in [-0.1, -0.05) is 11.3 Å². The Bertz CT molecular complexity index is 729. The SMILES string of the molecule is NNc1ccc([N+](=O)[O-])c(S(=O)(=O)Nc2nncs2)c1. The molecule has 0 fully saturated rings. The van der Waals surface area contributed by atoms with Crippen LogP contribution in [-0.2, 0) is 10.0 Å². The Balaban J connectivity index is 2.51. The molecule has 1 aromatic carbocycles. The van der Waals surface area contributed by atoms with Crippen molar-refractivity contribution < 1.29 is 13.3 Å². The normalized spacial score (nSPS) is 11.1. The maximum atomic E-state index is 12.1. The quantitative estimate of drug-likeness (QED) is 0.410. The number of nitrogens with zero attached hydrogens (tertiary/aromatic N) is 3. The number of aromatic nitrogens is 2. The first-order chi connectivity index (χ1) is 9.44. The average Bonchev–Trinajstić information content (AvgIpc) is 2.90. The number of hydrazine groups is 1. The maximum Gasteiger partial charge on any atom is 0.290 e. The molecule has 0 aliphatic heterocycles. The van der Waals surface area contributed by atoms with Crippen LogP contribution in [0, 0.1) is 10.1 Å². The second-order valence-electron chi connectivity index (χ2n) is 3.43. The van der Waals surface area contributed by atoms with Crippen molar-refractivity contribution in [3.8, 4) is 0 Å². The summed E-state index contributed by atoms with van der Waals surface area (Å²) >= 11 is 0.946. The minimum absolute atomic E-state index is 0.00501. The summed E-state index contributed by atoms with van der Waals surface area (Å²) in [4.78, 5) is 9.59. The van der Waals surface area contributed by atoms with Gasteiger partial charge in [0.25, 0.3) is 15.7 Å². The molecule has 0 radical (unpaired) electrons. The topological polar surface area (TPSA) is 153 Å². The Kier molecular flexibility index (Phi) is 3.78. The van der Waals surface area contributed by atoms with Crippen LogP contribution in [0.25, 0.3) is 0 Å². The molecule has 12 heteroatoms. The largest absolute Gasteiger partial charge is 0.324 e. The molecule has 1 aromatic heterocycles. The monoisotopic (exact) mass is 316 g/mol. The van der Waals surface area contributed by atoms with Crippen molar-refractivity contribution in [3.05, 3.63) is 33.8 Å². The Morgan fingerprint density at radius 2 is 2.15 bits per heavy atom. The molecule has 2 aromatic rings. The maximum absolute atomic E-state index is 12.1. The fourth-order valence-corrected chi connectivity index (χ4v) is 3.25. The number of nitro groups is 1. The molecule has 0 amide bonds. The van der Waals surface area contributed by atoms with Gasteiger partial charge in [0.1, 0.15) is 5.51 Å². The van der Waals surface area contributed by atoms with E-state index in [9.17, 15) is 18.5 Å². The Labute approximate surface area is 116 Å². The highest BCUT2D eigenvalue weighted by Crippen LogP contribution is 2.28. The van der Waals surface area contributed by atoms with E-state index >= 15 is 0 Å². The summed E-state index contributed by atoms with van der Waals surface area (Å²) in [5.41, 5.74) is 3.20. The molecule has 10 nitrogen and oxygen atoms in total. The number of hydrogen-bond donors (Lipinski definition) is 3. The van der Waals surface area contributed by atoms with Crippen molar-refractivity contribution in [2.45, 2.75) is 4.90 Å². The van der Waals surface area contributed by atoms with Gasteiger partial charge in [-0.15, -0.1) is 10.2 Å². The van der Waals surface area contributed by atoms with Crippen LogP contribution in [0.2, 0.25) is 0 Å². The van der Waals surface area contributed by atoms with Crippen molar-refractivity contribution in [2.75, 3.05) is 10.1 Å². The summed E-state index contributed by atoms with van der Waals surface area (Å²) in [5, 5.41) is 17.9. The van der Waals surface area contributed by atoms with E-state index in [0.717, 1.165) is 23.5 Å². The molecule has 0 aliphatic carbocycles. The average molecular weight is 316 g/mol. The molecule has 1 heterocycles. The minimum atomic E-state index is -4.17. The lowest BCUT2D eigenvalue weighted by Gasteiger charge is -2.07. The summed E-state index contributed by atoms with van der Waals surface area (Å²) < 4.78 is 26.4. The Morgan fingerprint density at radius 3 is 2.70 bits per heavy atom. The summed E-state index contributed by atoms with van der Waals surface area (Å²) in [6.07, 6.45) is 0. The van der Waals surface area contributed by atoms with E-state index in [1.165, 1.54) is 11.6 Å². The van der Waals surface area contributed by atoms with E-state index < -0.39 is 25.5 Å². The first kappa shape index (κ1) is 14.1. The zero-order valence-electron chi connectivity index (χ0n) is 9.68. The number of benzene rings is 1. The third kappa shape index (κ3) is 2.81. The molecular formula is C8H8N6O4S2. The van der Waals surface area contributed by atoms with Gasteiger partial charge in [-0.05, 0) is 12.1 Å². The predicted molar refractivity (Wildman–Crippen MR) is 71.6 cm³/mol. The predicted octanol–water partition coefficient (Wildman–Crippen LogP) is 0.533. The molecule has 2 rings (SSSR count). The molecule has 0 atom stereocenters. The highest BCUT2D eigenvalue weighted by Gasteiger charge is 2.27. The molecule has 106 valence electrons. The van der Waals surface area contributed by atoms with Crippen molar-refractivity contribution in [2.24, 2.45) is 5.84 Å². The number of nitrogens with one attached hydrogen (secondary N) is 2. The molecule has 4 N–H and O–H groups in total. The third-order valence-electron chi connectivity index (χ3n) is 2.19. The first-order valence-electron chi connectivity index (χ1n) is 4.98. The van der Waals surface area contributed by atoms with Crippen LogP contribution in [0.1, 0.15) is 0 Å². The van der Waals surface area contributed by atoms with Crippen molar-refractivity contribution in [1.29, 1.82) is 0 Å². The fourth-order valence-electron chi connectivity index (χ4n) is 1.36. The molecule has 0 bridgehead atoms. The smallest absolute Gasteiger partial charge is 0.290 e. The van der Waals surface area contributed by atoms with Crippen molar-refractivity contribution in [3.63, 3.8) is 0 Å². The third-order valence-corrected chi connectivity index (χ3v) is 4.30. The van der Waals surface area contributed by atoms with Gasteiger partial charge in [0, 0.05) is 6.07 Å². The van der Waals surface area contributed by atoms with Gasteiger partial charge in [-0.2, -0.15) is 0 Å². The molecule has 0 spiro atoms. The van der Waals surface area contributed by atoms with Crippen molar-refractivity contribution in [1.82, 2.24) is 10.2 Å². The first-order valence-corrected chi connectivity index (χ1v) is 7.34. The molecule has 0 unspecified atom stereocenters. The number of nitrogens with two attached hydrogens (primary N) is 1. The lowest BCUT2D eigenvalue weighted by molar-refractivity contribution is -0.387. The standard InChI is InChI=1S/C8H8N6O4S2/c9-11-5-1-2-6(14(15)16)7(3-5)20(17,18)13-8-12-10-4-19-8/h1-4,11H,9H2,(H,12,13). The summed E-state index contributed by atoms with van der Waals surface area (Å²) in [7, 11) is -4.17. The van der Waals surface area contributed by atoms with Crippen LogP contribution in [-0.4, -0.2) is 23.5 Å². The summed E-state index contributed by atoms with van der Waals surface area (Å²) in [6.45, 7) is 0. The van der Waals surface area contributed by atoms with Gasteiger partial charge in [0.15, 0.2) is 4.90 Å². The number of nitrogen functional groups attached to an aromatic ring is 1. The Hall–Kier alpha value is -2.31. The van der Waals surface area contributed by atoms with E-state index in [0.29, 0.717) is 0 Å². The molecular weight excluding hydrogens is 308 g/mol. The van der Waals surface area contributed by atoms with Crippen LogP contribution in [0.4, 0.5) is 16.5 Å². The Morgan fingerprint density at radius 1 is 1.40 bits per heavy atom. The molecule has 0 saturated heterocycles. The lowest BCUT2D eigenvalue weighted by Crippen LogP contribution is -2.16. The van der Waals surface area contributed by atoms with Crippen LogP contribution >= 0.6 is 11.3 Å². The second kappa shape index (κ2) is 5.36. The number of sulfonamides is 1. The van der Waals surface area contributed by atoms with E-state index in [1.807, 2.05) is 0 Å². The van der Waals surface area contributed by atoms with Gasteiger partial charge in [0.05, 0.1) is 10.6 Å². The van der Waals surface area contributed by atoms with Crippen LogP contribution in [0.5, 0.6) is 0 Å². The fraction of sp³-hybridized carbons (Fsp3) is 0. The molecule has 20 heavy (non-hydrogen) atoms. The van der Waals surface area contributed by atoms with Gasteiger partial charge in [0.2, 0.25) is 5.13 Å². The lowest BCUT2D eigenvalue weighted by atomic mass is 10.3. The second-order valence-corrected chi connectivity index (χ2v) is 5.92. The summed E-state index contributed by atoms with van der Waals surface area (Å²) in [6, 6.07) is 3.40. The van der Waals surface area contributed by atoms with Gasteiger partial charge >= 0.3 is 0 Å². The van der Waals surface area contributed by atoms with E-state index in [2.05, 4.69) is 20.3 Å². The van der Waals surface area contributed by atoms with E-state index in [1.54, 1.807) is 0 Å². The number of hydrogen-bond acceptors (Lipinski definition) is 9. The van der Waals surface area contributed by atoms with E-state index in [-0.39, 0.29) is 10.8 Å². The number of anilines is 2. The number of nitro benzene ring substituents is 1. The highest BCUT2D eigenvalue weighted by molar-refractivity contribution is 7.93. The van der Waals surface area contributed by atoms with Gasteiger partial charge < -0.3 is 5.43 Å². The highest BCUT2D eigenvalue weighted by atomic mass is 32.2. The van der Waals surface area contributed by atoms with Gasteiger partial charge in [-0.3, -0.25) is 20.7 Å². The van der Waals surface area contributed by atoms with Crippen LogP contribution < -0.4 is 16.0 Å². The molecule has 0 saturated carbocycles. The van der Waals surface area contributed by atoms with Gasteiger partial charge in [-0.25, -0.2) is 8.42 Å². The van der Waals surface area contributed by atoms with Crippen LogP contribution in [0.15, 0.2) is 28.6 Å². The minimum Gasteiger partial charge on any atom is -0.324 e. The zero-order valence-corrected chi connectivity index (χ0v) is 11.3. The molecule has 0 aliphatic rings. The number of rotatable bonds is 5. The van der Waals surface area contributed by atoms with E-state index in [4.69, 9.17) is 5.84 Å². The van der Waals surface area contributed by atoms with Crippen molar-refractivity contribution >= 4 is 37.9 Å². The van der Waals surface area contributed by atoms with Crippen LogP contribution in [0.3, 0.4) is 0 Å². The summed E-state index contributed by atoms with van der Waals surface area (Å²) in [5.74, 6) is 5.17. The zero-order chi connectivity index (χ0) is 14.8.